The van der Waals surface area contributed by atoms with Crippen LogP contribution < -0.4 is 0 Å². The summed E-state index contributed by atoms with van der Waals surface area (Å²) in [5.74, 6) is -0.251. The Bertz CT molecular complexity index is 943. The predicted molar refractivity (Wildman–Crippen MR) is 122 cm³/mol. The average Bonchev–Trinajstić information content (AvgIpc) is 2.83. The molecule has 0 heterocycles. The van der Waals surface area contributed by atoms with Crippen LogP contribution in [-0.4, -0.2) is 12.6 Å². The highest BCUT2D eigenvalue weighted by Gasteiger charge is 2.42. The second-order valence-electron chi connectivity index (χ2n) is 9.74. The van der Waals surface area contributed by atoms with Gasteiger partial charge in [-0.2, -0.15) is 0 Å². The predicted octanol–water partition coefficient (Wildman–Crippen LogP) is 7.08. The number of carbonyl (C=O) groups excluding carboxylic acids is 1. The molecule has 1 aliphatic rings. The Hall–Kier alpha value is -2.35. The zero-order chi connectivity index (χ0) is 21.4. The van der Waals surface area contributed by atoms with E-state index in [1.807, 2.05) is 31.2 Å². The first-order valence-electron chi connectivity index (χ1n) is 10.7. The molecule has 0 saturated heterocycles. The highest BCUT2D eigenvalue weighted by molar-refractivity contribution is 5.90. The van der Waals surface area contributed by atoms with Gasteiger partial charge in [-0.05, 0) is 83.0 Å². The molecule has 0 N–H and O–H groups in total. The van der Waals surface area contributed by atoms with Crippen LogP contribution in [0.15, 0.2) is 36.4 Å². The van der Waals surface area contributed by atoms with Crippen LogP contribution in [-0.2, 0) is 15.6 Å². The average molecular weight is 391 g/mol. The van der Waals surface area contributed by atoms with E-state index in [1.54, 1.807) is 0 Å². The van der Waals surface area contributed by atoms with E-state index in [9.17, 15) is 4.79 Å². The molecule has 2 heteroatoms. The Labute approximate surface area is 176 Å². The van der Waals surface area contributed by atoms with E-state index in [0.717, 1.165) is 12.0 Å². The summed E-state index contributed by atoms with van der Waals surface area (Å²) in [5.41, 5.74) is 8.96. The summed E-state index contributed by atoms with van der Waals surface area (Å²) >= 11 is 0. The maximum absolute atomic E-state index is 12.0. The van der Waals surface area contributed by atoms with Crippen molar-refractivity contribution in [2.24, 2.45) is 0 Å². The molecule has 154 valence electrons. The number of hydrogen-bond acceptors (Lipinski definition) is 2. The van der Waals surface area contributed by atoms with Gasteiger partial charge in [0.15, 0.2) is 0 Å². The van der Waals surface area contributed by atoms with Gasteiger partial charge in [0.2, 0.25) is 0 Å². The van der Waals surface area contributed by atoms with E-state index in [2.05, 4.69) is 59.8 Å². The van der Waals surface area contributed by atoms with Gasteiger partial charge < -0.3 is 4.74 Å². The number of esters is 1. The maximum Gasteiger partial charge on any atom is 0.338 e. The van der Waals surface area contributed by atoms with Crippen LogP contribution >= 0.6 is 0 Å². The van der Waals surface area contributed by atoms with Crippen molar-refractivity contribution in [1.29, 1.82) is 0 Å². The molecule has 0 atom stereocenters. The molecule has 1 aliphatic carbocycles. The number of aryl methyl sites for hydroxylation is 1. The molecule has 2 aromatic rings. The second kappa shape index (κ2) is 7.82. The van der Waals surface area contributed by atoms with E-state index < -0.39 is 0 Å². The van der Waals surface area contributed by atoms with Gasteiger partial charge in [-0.3, -0.25) is 0 Å². The largest absolute Gasteiger partial charge is 0.462 e. The van der Waals surface area contributed by atoms with Gasteiger partial charge in [-0.1, -0.05) is 65.0 Å². The van der Waals surface area contributed by atoms with E-state index in [0.29, 0.717) is 12.2 Å². The molecule has 0 spiro atoms. The lowest BCUT2D eigenvalue weighted by atomic mass is 9.82. The van der Waals surface area contributed by atoms with Crippen molar-refractivity contribution in [2.75, 3.05) is 6.61 Å². The molecule has 2 nitrogen and oxygen atoms in total. The SMILES string of the molecule is CCCOC(=O)c1ccc(/C=C(\C)c2cc3c(cc2C)C(C)(C)CC3(C)C)cc1. The summed E-state index contributed by atoms with van der Waals surface area (Å²) in [6.07, 6.45) is 4.21. The summed E-state index contributed by atoms with van der Waals surface area (Å²) in [6, 6.07) is 12.5. The fourth-order valence-electron chi connectivity index (χ4n) is 4.87. The summed E-state index contributed by atoms with van der Waals surface area (Å²) < 4.78 is 5.21. The van der Waals surface area contributed by atoms with Crippen LogP contribution in [0, 0.1) is 6.92 Å². The molecule has 0 aromatic heterocycles. The number of fused-ring (bicyclic) bond motifs is 1. The van der Waals surface area contributed by atoms with Gasteiger partial charge in [0, 0.05) is 0 Å². The topological polar surface area (TPSA) is 26.3 Å². The summed E-state index contributed by atoms with van der Waals surface area (Å²) in [6.45, 7) is 16.3. The third-order valence-corrected chi connectivity index (χ3v) is 6.10. The Morgan fingerprint density at radius 1 is 1.03 bits per heavy atom. The van der Waals surface area contributed by atoms with Crippen molar-refractivity contribution in [3.05, 3.63) is 69.8 Å². The Morgan fingerprint density at radius 2 is 1.62 bits per heavy atom. The third-order valence-electron chi connectivity index (χ3n) is 6.10. The van der Waals surface area contributed by atoms with Crippen molar-refractivity contribution in [2.45, 2.75) is 72.1 Å². The summed E-state index contributed by atoms with van der Waals surface area (Å²) in [4.78, 5) is 12.0. The van der Waals surface area contributed by atoms with Crippen LogP contribution in [0.5, 0.6) is 0 Å². The van der Waals surface area contributed by atoms with E-state index in [4.69, 9.17) is 4.74 Å². The van der Waals surface area contributed by atoms with Crippen LogP contribution in [0.1, 0.15) is 92.6 Å². The quantitative estimate of drug-likeness (QED) is 0.403. The molecule has 0 unspecified atom stereocenters. The van der Waals surface area contributed by atoms with Gasteiger partial charge in [-0.25, -0.2) is 4.79 Å². The summed E-state index contributed by atoms with van der Waals surface area (Å²) in [5, 5.41) is 0. The molecule has 0 amide bonds. The number of carbonyl (C=O) groups is 1. The molecule has 2 aromatic carbocycles. The van der Waals surface area contributed by atoms with Crippen molar-refractivity contribution in [1.82, 2.24) is 0 Å². The van der Waals surface area contributed by atoms with Crippen molar-refractivity contribution in [3.8, 4) is 0 Å². The minimum absolute atomic E-state index is 0.196. The highest BCUT2D eigenvalue weighted by atomic mass is 16.5. The van der Waals surface area contributed by atoms with Crippen LogP contribution in [0.4, 0.5) is 0 Å². The number of hydrogen-bond donors (Lipinski definition) is 0. The smallest absolute Gasteiger partial charge is 0.338 e. The zero-order valence-corrected chi connectivity index (χ0v) is 19.0. The molecular weight excluding hydrogens is 356 g/mol. The Morgan fingerprint density at radius 3 is 2.21 bits per heavy atom. The second-order valence-corrected chi connectivity index (χ2v) is 9.74. The molecule has 0 radical (unpaired) electrons. The summed E-state index contributed by atoms with van der Waals surface area (Å²) in [7, 11) is 0. The van der Waals surface area contributed by atoms with Crippen LogP contribution in [0.3, 0.4) is 0 Å². The lowest BCUT2D eigenvalue weighted by Crippen LogP contribution is -2.17. The first kappa shape index (κ1) is 21.4. The van der Waals surface area contributed by atoms with Crippen LogP contribution in [0.2, 0.25) is 0 Å². The fourth-order valence-corrected chi connectivity index (χ4v) is 4.87. The van der Waals surface area contributed by atoms with Crippen molar-refractivity contribution in [3.63, 3.8) is 0 Å². The molecule has 0 fully saturated rings. The Kier molecular flexibility index (Phi) is 5.76. The van der Waals surface area contributed by atoms with E-state index in [1.165, 1.54) is 34.2 Å². The fraction of sp³-hybridized carbons (Fsp3) is 0.444. The van der Waals surface area contributed by atoms with Gasteiger partial charge in [0.05, 0.1) is 12.2 Å². The number of benzene rings is 2. The lowest BCUT2D eigenvalue weighted by Gasteiger charge is -2.22. The van der Waals surface area contributed by atoms with E-state index in [-0.39, 0.29) is 16.8 Å². The molecule has 0 saturated carbocycles. The normalized spacial score (nSPS) is 17.1. The molecule has 0 aliphatic heterocycles. The van der Waals surface area contributed by atoms with Gasteiger partial charge in [0.1, 0.15) is 0 Å². The van der Waals surface area contributed by atoms with Gasteiger partial charge >= 0.3 is 5.97 Å². The number of rotatable bonds is 5. The van der Waals surface area contributed by atoms with Gasteiger partial charge in [-0.15, -0.1) is 0 Å². The van der Waals surface area contributed by atoms with E-state index >= 15 is 0 Å². The molecular formula is C27H34O2. The van der Waals surface area contributed by atoms with Crippen molar-refractivity contribution >= 4 is 17.6 Å². The van der Waals surface area contributed by atoms with Crippen LogP contribution in [0.25, 0.3) is 11.6 Å². The van der Waals surface area contributed by atoms with Gasteiger partial charge in [0.25, 0.3) is 0 Å². The maximum atomic E-state index is 12.0. The first-order chi connectivity index (χ1) is 13.5. The minimum atomic E-state index is -0.251. The molecule has 3 rings (SSSR count). The highest BCUT2D eigenvalue weighted by Crippen LogP contribution is 2.50. The standard InChI is InChI=1S/C27H34O2/c1-8-13-29-25(28)21-11-9-20(10-12-21)14-18(2)22-16-24-23(15-19(22)3)26(4,5)17-27(24,6)7/h9-12,14-16H,8,13,17H2,1-7H3/b18-14+. The minimum Gasteiger partial charge on any atom is -0.462 e. The monoisotopic (exact) mass is 390 g/mol. The first-order valence-corrected chi connectivity index (χ1v) is 10.7. The number of ether oxygens (including phenoxy) is 1. The number of allylic oxidation sites excluding steroid dienone is 1. The zero-order valence-electron chi connectivity index (χ0n) is 19.0. The third kappa shape index (κ3) is 4.32. The lowest BCUT2D eigenvalue weighted by molar-refractivity contribution is 0.0505. The Balaban J connectivity index is 1.90. The molecule has 0 bridgehead atoms. The molecule has 29 heavy (non-hydrogen) atoms. The van der Waals surface area contributed by atoms with Crippen molar-refractivity contribution < 1.29 is 9.53 Å².